The molecule has 1 aromatic carbocycles. The van der Waals surface area contributed by atoms with E-state index in [1.807, 2.05) is 0 Å². The number of aromatic amines is 1. The number of nitrogens with one attached hydrogen (secondary N) is 1. The minimum Gasteiger partial charge on any atom is -0.322 e. The van der Waals surface area contributed by atoms with E-state index in [1.54, 1.807) is 24.3 Å². The molecule has 0 spiro atoms. The Morgan fingerprint density at radius 1 is 1.21 bits per heavy atom. The van der Waals surface area contributed by atoms with Gasteiger partial charge in [0.05, 0.1) is 0 Å². The summed E-state index contributed by atoms with van der Waals surface area (Å²) in [5.74, 6) is 0.00245. The van der Waals surface area contributed by atoms with E-state index in [4.69, 9.17) is 0 Å². The Morgan fingerprint density at radius 2 is 2.00 bits per heavy atom. The summed E-state index contributed by atoms with van der Waals surface area (Å²) in [6, 6.07) is 8.39. The second-order valence-corrected chi connectivity index (χ2v) is 3.15. The molecule has 0 aliphatic rings. The summed E-state index contributed by atoms with van der Waals surface area (Å²) < 4.78 is 0. The molecule has 0 bridgehead atoms. The van der Waals surface area contributed by atoms with E-state index in [0.717, 1.165) is 5.39 Å². The number of aromatic nitrogens is 1. The van der Waals surface area contributed by atoms with Crippen LogP contribution in [-0.2, 0) is 0 Å². The van der Waals surface area contributed by atoms with E-state index in [-0.39, 0.29) is 11.3 Å². The minimum absolute atomic E-state index is 0.00245. The molecule has 3 heteroatoms. The van der Waals surface area contributed by atoms with Crippen molar-refractivity contribution in [3.63, 3.8) is 0 Å². The van der Waals surface area contributed by atoms with Gasteiger partial charge in [0.1, 0.15) is 0 Å². The summed E-state index contributed by atoms with van der Waals surface area (Å²) in [5, 5.41) is 0.791. The highest BCUT2D eigenvalue weighted by Crippen LogP contribution is 2.15. The highest BCUT2D eigenvalue weighted by Gasteiger charge is 2.04. The zero-order valence-electron chi connectivity index (χ0n) is 7.70. The second-order valence-electron chi connectivity index (χ2n) is 3.15. The van der Waals surface area contributed by atoms with Gasteiger partial charge >= 0.3 is 0 Å². The van der Waals surface area contributed by atoms with Crippen molar-refractivity contribution in [1.82, 2.24) is 4.98 Å². The molecule has 0 saturated carbocycles. The number of hydrogen-bond donors (Lipinski definition) is 1. The van der Waals surface area contributed by atoms with Crippen LogP contribution < -0.4 is 5.56 Å². The first-order valence-electron chi connectivity index (χ1n) is 4.31. The largest absolute Gasteiger partial charge is 0.322 e. The maximum atomic E-state index is 11.3. The summed E-state index contributed by atoms with van der Waals surface area (Å²) in [5.41, 5.74) is 1.18. The fourth-order valence-electron chi connectivity index (χ4n) is 1.49. The van der Waals surface area contributed by atoms with Crippen molar-refractivity contribution in [3.05, 3.63) is 46.2 Å². The van der Waals surface area contributed by atoms with E-state index >= 15 is 0 Å². The first-order valence-corrected chi connectivity index (χ1v) is 4.31. The maximum absolute atomic E-state index is 11.3. The predicted octanol–water partition coefficient (Wildman–Crippen LogP) is 1.73. The molecule has 0 unspecified atom stereocenters. The van der Waals surface area contributed by atoms with Gasteiger partial charge in [-0.3, -0.25) is 9.59 Å². The number of hydrogen-bond acceptors (Lipinski definition) is 2. The molecule has 1 heterocycles. The van der Waals surface area contributed by atoms with E-state index in [2.05, 4.69) is 4.98 Å². The van der Waals surface area contributed by atoms with Gasteiger partial charge in [-0.05, 0) is 19.1 Å². The highest BCUT2D eigenvalue weighted by molar-refractivity contribution is 6.06. The van der Waals surface area contributed by atoms with Crippen LogP contribution in [0.4, 0.5) is 0 Å². The molecule has 70 valence electrons. The average Bonchev–Trinajstić information content (AvgIpc) is 2.16. The minimum atomic E-state index is -0.154. The summed E-state index contributed by atoms with van der Waals surface area (Å²) >= 11 is 0. The molecule has 0 saturated heterocycles. The van der Waals surface area contributed by atoms with Gasteiger partial charge < -0.3 is 4.98 Å². The number of pyridine rings is 1. The Kier molecular flexibility index (Phi) is 1.93. The third-order valence-corrected chi connectivity index (χ3v) is 2.14. The second kappa shape index (κ2) is 3.10. The molecule has 14 heavy (non-hydrogen) atoms. The Labute approximate surface area is 80.4 Å². The van der Waals surface area contributed by atoms with Crippen LogP contribution >= 0.6 is 0 Å². The average molecular weight is 187 g/mol. The smallest absolute Gasteiger partial charge is 0.248 e. The van der Waals surface area contributed by atoms with Crippen molar-refractivity contribution in [1.29, 1.82) is 0 Å². The van der Waals surface area contributed by atoms with Crippen LogP contribution in [0, 0.1) is 0 Å². The van der Waals surface area contributed by atoms with Gasteiger partial charge in [-0.1, -0.05) is 12.1 Å². The molecule has 0 aliphatic heterocycles. The van der Waals surface area contributed by atoms with Crippen LogP contribution in [0.25, 0.3) is 10.9 Å². The van der Waals surface area contributed by atoms with Gasteiger partial charge in [0.15, 0.2) is 5.78 Å². The summed E-state index contributed by atoms with van der Waals surface area (Å²) in [4.78, 5) is 25.0. The maximum Gasteiger partial charge on any atom is 0.248 e. The molecule has 0 atom stereocenters. The number of carbonyl (C=O) groups is 1. The van der Waals surface area contributed by atoms with Crippen molar-refractivity contribution in [2.75, 3.05) is 0 Å². The summed E-state index contributed by atoms with van der Waals surface area (Å²) in [6.07, 6.45) is 0. The predicted molar refractivity (Wildman–Crippen MR) is 54.6 cm³/mol. The monoisotopic (exact) mass is 187 g/mol. The molecular formula is C11H9NO2. The fraction of sp³-hybridized carbons (Fsp3) is 0.0909. The van der Waals surface area contributed by atoms with E-state index in [1.165, 1.54) is 13.0 Å². The number of H-pyrrole nitrogens is 1. The van der Waals surface area contributed by atoms with Gasteiger partial charge in [0.25, 0.3) is 0 Å². The van der Waals surface area contributed by atoms with E-state index in [0.29, 0.717) is 11.1 Å². The molecule has 0 radical (unpaired) electrons. The van der Waals surface area contributed by atoms with Crippen LogP contribution in [0.15, 0.2) is 35.1 Å². The first kappa shape index (κ1) is 8.69. The highest BCUT2D eigenvalue weighted by atomic mass is 16.1. The number of ketones is 1. The fourth-order valence-corrected chi connectivity index (χ4v) is 1.49. The molecule has 0 fully saturated rings. The zero-order valence-corrected chi connectivity index (χ0v) is 7.70. The molecule has 0 aliphatic carbocycles. The quantitative estimate of drug-likeness (QED) is 0.691. The van der Waals surface area contributed by atoms with Crippen molar-refractivity contribution in [3.8, 4) is 0 Å². The summed E-state index contributed by atoms with van der Waals surface area (Å²) in [6.45, 7) is 1.51. The van der Waals surface area contributed by atoms with Crippen molar-refractivity contribution in [2.45, 2.75) is 6.92 Å². The van der Waals surface area contributed by atoms with Crippen molar-refractivity contribution in [2.24, 2.45) is 0 Å². The van der Waals surface area contributed by atoms with Crippen LogP contribution in [0.3, 0.4) is 0 Å². The molecule has 2 aromatic rings. The van der Waals surface area contributed by atoms with E-state index in [9.17, 15) is 9.59 Å². The van der Waals surface area contributed by atoms with Crippen molar-refractivity contribution < 1.29 is 4.79 Å². The van der Waals surface area contributed by atoms with E-state index < -0.39 is 0 Å². The number of carbonyl (C=O) groups excluding carboxylic acids is 1. The number of Topliss-reactive ketones (excluding diaryl/α,β-unsaturated/α-hetero) is 1. The number of rotatable bonds is 1. The Hall–Kier alpha value is -1.90. The van der Waals surface area contributed by atoms with Gasteiger partial charge in [-0.15, -0.1) is 0 Å². The lowest BCUT2D eigenvalue weighted by molar-refractivity contribution is 0.101. The van der Waals surface area contributed by atoms with Crippen LogP contribution in [-0.4, -0.2) is 10.8 Å². The molecule has 3 nitrogen and oxygen atoms in total. The van der Waals surface area contributed by atoms with Gasteiger partial charge in [-0.2, -0.15) is 0 Å². The topological polar surface area (TPSA) is 49.9 Å². The SMILES string of the molecule is CC(=O)c1cccc2[nH]c(=O)ccc12. The third-order valence-electron chi connectivity index (χ3n) is 2.14. The Bertz CT molecular complexity index is 554. The number of fused-ring (bicyclic) bond motifs is 1. The molecular weight excluding hydrogens is 178 g/mol. The normalized spacial score (nSPS) is 10.4. The lowest BCUT2D eigenvalue weighted by Gasteiger charge is -2.01. The molecule has 1 N–H and O–H groups in total. The zero-order chi connectivity index (χ0) is 10.1. The lowest BCUT2D eigenvalue weighted by Crippen LogP contribution is -2.04. The molecule has 0 amide bonds. The lowest BCUT2D eigenvalue weighted by atomic mass is 10.1. The molecule has 2 rings (SSSR count). The Morgan fingerprint density at radius 3 is 2.71 bits per heavy atom. The van der Waals surface area contributed by atoms with Crippen LogP contribution in [0.2, 0.25) is 0 Å². The molecule has 1 aromatic heterocycles. The first-order chi connectivity index (χ1) is 6.68. The third kappa shape index (κ3) is 1.33. The van der Waals surface area contributed by atoms with Crippen LogP contribution in [0.5, 0.6) is 0 Å². The Balaban J connectivity index is 2.88. The van der Waals surface area contributed by atoms with Crippen molar-refractivity contribution >= 4 is 16.7 Å². The van der Waals surface area contributed by atoms with Crippen LogP contribution in [0.1, 0.15) is 17.3 Å². The standard InChI is InChI=1S/C11H9NO2/c1-7(13)8-3-2-4-10-9(8)5-6-11(14)12-10/h2-6H,1H3,(H,12,14). The van der Waals surface area contributed by atoms with Gasteiger partial charge in [0, 0.05) is 22.5 Å². The van der Waals surface area contributed by atoms with Gasteiger partial charge in [-0.25, -0.2) is 0 Å². The van der Waals surface area contributed by atoms with Gasteiger partial charge in [0.2, 0.25) is 5.56 Å². The number of benzene rings is 1. The summed E-state index contributed by atoms with van der Waals surface area (Å²) in [7, 11) is 0.